The quantitative estimate of drug-likeness (QED) is 0.878. The lowest BCUT2D eigenvalue weighted by Gasteiger charge is -2.11. The van der Waals surface area contributed by atoms with E-state index in [1.807, 2.05) is 0 Å². The molecule has 0 aliphatic rings. The van der Waals surface area contributed by atoms with Crippen molar-refractivity contribution in [2.24, 2.45) is 0 Å². The number of fused-ring (bicyclic) bond motifs is 1. The molecule has 2 heterocycles. The summed E-state index contributed by atoms with van der Waals surface area (Å²) in [6.45, 7) is -0.212. The van der Waals surface area contributed by atoms with E-state index in [0.717, 1.165) is 5.56 Å². The highest BCUT2D eigenvalue weighted by atomic mass is 19.4. The van der Waals surface area contributed by atoms with Crippen molar-refractivity contribution in [3.05, 3.63) is 30.2 Å². The van der Waals surface area contributed by atoms with Gasteiger partial charge in [0.1, 0.15) is 0 Å². The molecule has 2 rings (SSSR count). The number of aliphatic hydroxyl groups is 1. The zero-order valence-corrected chi connectivity index (χ0v) is 10.1. The molecule has 0 atom stereocenters. The Bertz CT molecular complexity index is 551. The third kappa shape index (κ3) is 3.60. The topological polar surface area (TPSA) is 49.6 Å². The molecular weight excluding hydrogens is 259 g/mol. The fraction of sp³-hybridized carbons (Fsp3) is 0.417. The molecule has 0 aliphatic carbocycles. The molecule has 0 saturated carbocycles. The summed E-state index contributed by atoms with van der Waals surface area (Å²) < 4.78 is 38.1. The van der Waals surface area contributed by atoms with E-state index in [1.165, 1.54) is 0 Å². The average Bonchev–Trinajstić information content (AvgIpc) is 2.76. The van der Waals surface area contributed by atoms with Gasteiger partial charge in [0.2, 0.25) is 0 Å². The number of hydrogen-bond acceptors (Lipinski definition) is 3. The lowest BCUT2D eigenvalue weighted by atomic mass is 10.2. The second-order valence-corrected chi connectivity index (χ2v) is 4.19. The van der Waals surface area contributed by atoms with Crippen LogP contribution in [0.3, 0.4) is 0 Å². The fourth-order valence-electron chi connectivity index (χ4n) is 1.83. The maximum Gasteiger partial charge on any atom is 0.390 e. The standard InChI is InChI=1S/C12H14F3N3O/c13-12(14,15)2-3-16-10-7-9(1-6-19)8-18-5-4-17-11(10)18/h4-5,7-8,16,19H,1-3,6H2. The van der Waals surface area contributed by atoms with Gasteiger partial charge < -0.3 is 14.8 Å². The minimum Gasteiger partial charge on any atom is -0.396 e. The average molecular weight is 273 g/mol. The maximum atomic E-state index is 12.1. The van der Waals surface area contributed by atoms with Crippen molar-refractivity contribution in [2.75, 3.05) is 18.5 Å². The van der Waals surface area contributed by atoms with Crippen molar-refractivity contribution >= 4 is 11.3 Å². The van der Waals surface area contributed by atoms with Crippen LogP contribution in [0.1, 0.15) is 12.0 Å². The highest BCUT2D eigenvalue weighted by Crippen LogP contribution is 2.22. The molecule has 0 unspecified atom stereocenters. The minimum absolute atomic E-state index is 0.0117. The van der Waals surface area contributed by atoms with Crippen LogP contribution in [-0.2, 0) is 6.42 Å². The van der Waals surface area contributed by atoms with Crippen LogP contribution in [0.25, 0.3) is 5.65 Å². The van der Waals surface area contributed by atoms with E-state index in [2.05, 4.69) is 10.3 Å². The monoisotopic (exact) mass is 273 g/mol. The van der Waals surface area contributed by atoms with Gasteiger partial charge >= 0.3 is 6.18 Å². The van der Waals surface area contributed by atoms with Crippen molar-refractivity contribution < 1.29 is 18.3 Å². The summed E-state index contributed by atoms with van der Waals surface area (Å²) in [5, 5.41) is 11.7. The molecule has 104 valence electrons. The third-order valence-corrected chi connectivity index (χ3v) is 2.67. The van der Waals surface area contributed by atoms with Gasteiger partial charge in [-0.1, -0.05) is 0 Å². The van der Waals surface area contributed by atoms with Crippen molar-refractivity contribution in [3.63, 3.8) is 0 Å². The molecule has 0 spiro atoms. The third-order valence-electron chi connectivity index (χ3n) is 2.67. The van der Waals surface area contributed by atoms with Crippen molar-refractivity contribution in [2.45, 2.75) is 19.0 Å². The molecule has 0 bridgehead atoms. The Labute approximate surface area is 107 Å². The number of aliphatic hydroxyl groups excluding tert-OH is 1. The smallest absolute Gasteiger partial charge is 0.390 e. The molecule has 2 N–H and O–H groups in total. The van der Waals surface area contributed by atoms with Gasteiger partial charge in [0.15, 0.2) is 5.65 Å². The van der Waals surface area contributed by atoms with Gasteiger partial charge in [-0.15, -0.1) is 0 Å². The number of hydrogen-bond donors (Lipinski definition) is 2. The first-order valence-electron chi connectivity index (χ1n) is 5.87. The van der Waals surface area contributed by atoms with Gasteiger partial charge in [0, 0.05) is 31.7 Å². The summed E-state index contributed by atoms with van der Waals surface area (Å²) in [6.07, 6.45) is 0.458. The number of rotatable bonds is 5. The van der Waals surface area contributed by atoms with E-state index in [1.54, 1.807) is 29.1 Å². The van der Waals surface area contributed by atoms with Crippen molar-refractivity contribution in [1.82, 2.24) is 9.38 Å². The van der Waals surface area contributed by atoms with Crippen LogP contribution in [0.4, 0.5) is 18.9 Å². The predicted octanol–water partition coefficient (Wildman–Crippen LogP) is 2.23. The largest absolute Gasteiger partial charge is 0.396 e. The number of pyridine rings is 1. The first-order chi connectivity index (χ1) is 8.99. The summed E-state index contributed by atoms with van der Waals surface area (Å²) in [6, 6.07) is 1.72. The zero-order valence-electron chi connectivity index (χ0n) is 10.1. The molecule has 0 radical (unpaired) electrons. The number of alkyl halides is 3. The van der Waals surface area contributed by atoms with Gasteiger partial charge in [-0.3, -0.25) is 0 Å². The van der Waals surface area contributed by atoms with E-state index >= 15 is 0 Å². The van der Waals surface area contributed by atoms with Gasteiger partial charge in [-0.25, -0.2) is 4.98 Å². The molecule has 19 heavy (non-hydrogen) atoms. The zero-order chi connectivity index (χ0) is 13.9. The predicted molar refractivity (Wildman–Crippen MR) is 65.1 cm³/mol. The van der Waals surface area contributed by atoms with E-state index in [4.69, 9.17) is 5.11 Å². The van der Waals surface area contributed by atoms with Crippen LogP contribution in [0, 0.1) is 0 Å². The van der Waals surface area contributed by atoms with E-state index in [-0.39, 0.29) is 13.2 Å². The summed E-state index contributed by atoms with van der Waals surface area (Å²) in [5.74, 6) is 0. The molecule has 4 nitrogen and oxygen atoms in total. The summed E-state index contributed by atoms with van der Waals surface area (Å²) in [5.41, 5.74) is 1.95. The second-order valence-electron chi connectivity index (χ2n) is 4.19. The summed E-state index contributed by atoms with van der Waals surface area (Å²) in [7, 11) is 0. The van der Waals surface area contributed by atoms with Gasteiger partial charge in [-0.05, 0) is 18.1 Å². The summed E-state index contributed by atoms with van der Waals surface area (Å²) in [4.78, 5) is 4.09. The SMILES string of the molecule is OCCc1cc(NCCC(F)(F)F)c2nccn2c1. The normalized spacial score (nSPS) is 12.0. The Balaban J connectivity index is 2.18. The second kappa shape index (κ2) is 5.48. The van der Waals surface area contributed by atoms with Crippen LogP contribution in [-0.4, -0.2) is 33.8 Å². The molecule has 7 heteroatoms. The van der Waals surface area contributed by atoms with Crippen molar-refractivity contribution in [1.29, 1.82) is 0 Å². The molecule has 0 saturated heterocycles. The van der Waals surface area contributed by atoms with Crippen LogP contribution in [0.2, 0.25) is 0 Å². The number of halogens is 3. The van der Waals surface area contributed by atoms with Crippen molar-refractivity contribution in [3.8, 4) is 0 Å². The molecule has 0 aromatic carbocycles. The Morgan fingerprint density at radius 2 is 2.16 bits per heavy atom. The molecule has 2 aromatic rings. The highest BCUT2D eigenvalue weighted by molar-refractivity contribution is 5.68. The summed E-state index contributed by atoms with van der Waals surface area (Å²) >= 11 is 0. The lowest BCUT2D eigenvalue weighted by molar-refractivity contribution is -0.131. The Kier molecular flexibility index (Phi) is 3.94. The van der Waals surface area contributed by atoms with Gasteiger partial charge in [0.05, 0.1) is 12.1 Å². The molecule has 0 aliphatic heterocycles. The molecular formula is C12H14F3N3O. The first-order valence-corrected chi connectivity index (χ1v) is 5.87. The van der Waals surface area contributed by atoms with Crippen LogP contribution >= 0.6 is 0 Å². The van der Waals surface area contributed by atoms with Gasteiger partial charge in [0.25, 0.3) is 0 Å². The van der Waals surface area contributed by atoms with E-state index < -0.39 is 12.6 Å². The Hall–Kier alpha value is -1.76. The van der Waals surface area contributed by atoms with Gasteiger partial charge in [-0.2, -0.15) is 13.2 Å². The van der Waals surface area contributed by atoms with E-state index in [9.17, 15) is 13.2 Å². The number of aromatic nitrogens is 2. The number of imidazole rings is 1. The maximum absolute atomic E-state index is 12.1. The molecule has 0 amide bonds. The van der Waals surface area contributed by atoms with E-state index in [0.29, 0.717) is 17.8 Å². The number of anilines is 1. The Morgan fingerprint density at radius 3 is 2.84 bits per heavy atom. The van der Waals surface area contributed by atoms with Crippen LogP contribution in [0.5, 0.6) is 0 Å². The molecule has 0 fully saturated rings. The number of nitrogens with zero attached hydrogens (tertiary/aromatic N) is 2. The van der Waals surface area contributed by atoms with Crippen LogP contribution in [0.15, 0.2) is 24.7 Å². The fourth-order valence-corrected chi connectivity index (χ4v) is 1.83. The molecule has 2 aromatic heterocycles. The Morgan fingerprint density at radius 1 is 1.37 bits per heavy atom. The minimum atomic E-state index is -4.18. The first kappa shape index (κ1) is 13.7. The number of nitrogens with one attached hydrogen (secondary N) is 1. The highest BCUT2D eigenvalue weighted by Gasteiger charge is 2.26. The lowest BCUT2D eigenvalue weighted by Crippen LogP contribution is -2.15. The van der Waals surface area contributed by atoms with Crippen LogP contribution < -0.4 is 5.32 Å².